The van der Waals surface area contributed by atoms with E-state index in [0.29, 0.717) is 22.9 Å². The molecule has 4 rings (SSSR count). The summed E-state index contributed by atoms with van der Waals surface area (Å²) >= 11 is 0. The Hall–Kier alpha value is -2.78. The van der Waals surface area contributed by atoms with Crippen molar-refractivity contribution < 1.29 is 22.7 Å². The van der Waals surface area contributed by atoms with E-state index in [2.05, 4.69) is 10.0 Å². The predicted molar refractivity (Wildman–Crippen MR) is 100 cm³/mol. The Balaban J connectivity index is 1.73. The highest BCUT2D eigenvalue weighted by molar-refractivity contribution is 7.90. The lowest BCUT2D eigenvalue weighted by molar-refractivity contribution is -0.116. The van der Waals surface area contributed by atoms with Crippen molar-refractivity contribution in [1.29, 1.82) is 0 Å². The van der Waals surface area contributed by atoms with Gasteiger partial charge < -0.3 is 14.8 Å². The van der Waals surface area contributed by atoms with Crippen LogP contribution in [-0.4, -0.2) is 39.5 Å². The normalized spacial score (nSPS) is 18.2. The lowest BCUT2D eigenvalue weighted by Crippen LogP contribution is -2.29. The maximum atomic E-state index is 12.3. The Morgan fingerprint density at radius 2 is 1.96 bits per heavy atom. The number of hydrogen-bond acceptors (Lipinski definition) is 5. The van der Waals surface area contributed by atoms with Crippen LogP contribution in [-0.2, 0) is 15.0 Å². The topological polar surface area (TPSA) is 97.0 Å². The zero-order valence-corrected chi connectivity index (χ0v) is 15.7. The Morgan fingerprint density at radius 1 is 1.15 bits per heavy atom. The van der Waals surface area contributed by atoms with Gasteiger partial charge in [0.15, 0.2) is 11.5 Å². The fraction of sp³-hybridized carbons (Fsp3) is 0.278. The first-order valence-corrected chi connectivity index (χ1v) is 9.82. The molecule has 0 bridgehead atoms. The number of carbonyl (C=O) groups excluding carboxylic acids is 1. The fourth-order valence-electron chi connectivity index (χ4n) is 3.27. The number of hydrogen-bond donors (Lipinski definition) is 2. The molecule has 0 aliphatic carbocycles. The number of anilines is 2. The van der Waals surface area contributed by atoms with Crippen LogP contribution in [0.5, 0.6) is 11.5 Å². The van der Waals surface area contributed by atoms with Gasteiger partial charge in [0, 0.05) is 37.7 Å². The summed E-state index contributed by atoms with van der Waals surface area (Å²) < 4.78 is 38.7. The van der Waals surface area contributed by atoms with E-state index in [9.17, 15) is 13.2 Å². The number of carbonyl (C=O) groups is 1. The van der Waals surface area contributed by atoms with Gasteiger partial charge in [-0.15, -0.1) is 0 Å². The monoisotopic (exact) mass is 389 g/mol. The summed E-state index contributed by atoms with van der Waals surface area (Å²) in [5.41, 5.74) is 2.72. The Morgan fingerprint density at radius 3 is 2.74 bits per heavy atom. The maximum Gasteiger partial charge on any atom is 0.301 e. The van der Waals surface area contributed by atoms with Crippen LogP contribution in [0.1, 0.15) is 23.5 Å². The average molecular weight is 389 g/mol. The summed E-state index contributed by atoms with van der Waals surface area (Å²) in [5.74, 6) is 0.970. The number of nitrogens with zero attached hydrogens (tertiary/aromatic N) is 1. The van der Waals surface area contributed by atoms with E-state index in [4.69, 9.17) is 9.47 Å². The second-order valence-corrected chi connectivity index (χ2v) is 8.46. The molecule has 2 N–H and O–H groups in total. The third kappa shape index (κ3) is 3.19. The third-order valence-electron chi connectivity index (χ3n) is 4.62. The van der Waals surface area contributed by atoms with Crippen LogP contribution in [0, 0.1) is 0 Å². The minimum Gasteiger partial charge on any atom is -0.454 e. The van der Waals surface area contributed by atoms with Gasteiger partial charge in [0.1, 0.15) is 0 Å². The molecule has 1 atom stereocenters. The second-order valence-electron chi connectivity index (χ2n) is 6.58. The predicted octanol–water partition coefficient (Wildman–Crippen LogP) is 2.11. The van der Waals surface area contributed by atoms with Crippen molar-refractivity contribution in [3.05, 3.63) is 47.5 Å². The van der Waals surface area contributed by atoms with E-state index in [1.54, 1.807) is 12.1 Å². The summed E-state index contributed by atoms with van der Waals surface area (Å²) in [4.78, 5) is 12.3. The number of para-hydroxylation sites is 1. The van der Waals surface area contributed by atoms with E-state index >= 15 is 0 Å². The standard InChI is InChI=1S/C18H19N3O5S/c1-21(2)27(23,24)20-11-6-7-12-14(9-17(22)19-15(12)8-11)13-4-3-5-16-18(13)26-10-25-16/h3-8,14,20H,9-10H2,1-2H3,(H,19,22). The molecule has 2 heterocycles. The molecule has 0 saturated carbocycles. The SMILES string of the molecule is CN(C)S(=O)(=O)Nc1ccc2c(c1)NC(=O)CC2c1cccc2c1OCO2. The number of ether oxygens (including phenoxy) is 2. The van der Waals surface area contributed by atoms with E-state index in [1.165, 1.54) is 14.1 Å². The minimum atomic E-state index is -3.63. The zero-order valence-electron chi connectivity index (χ0n) is 14.9. The summed E-state index contributed by atoms with van der Waals surface area (Å²) in [5, 5.41) is 2.82. The Kier molecular flexibility index (Phi) is 4.20. The molecule has 0 fully saturated rings. The lowest BCUT2D eigenvalue weighted by Gasteiger charge is -2.27. The molecule has 2 aromatic rings. The third-order valence-corrected chi connectivity index (χ3v) is 6.08. The van der Waals surface area contributed by atoms with Crippen molar-refractivity contribution in [2.45, 2.75) is 12.3 Å². The number of nitrogens with one attached hydrogen (secondary N) is 2. The summed E-state index contributed by atoms with van der Waals surface area (Å²) in [6.07, 6.45) is 0.273. The van der Waals surface area contributed by atoms with Crippen LogP contribution in [0.2, 0.25) is 0 Å². The molecule has 0 radical (unpaired) electrons. The number of benzene rings is 2. The number of rotatable bonds is 4. The van der Waals surface area contributed by atoms with Crippen LogP contribution in [0.4, 0.5) is 11.4 Å². The van der Waals surface area contributed by atoms with Crippen molar-refractivity contribution in [1.82, 2.24) is 4.31 Å². The van der Waals surface area contributed by atoms with E-state index in [-0.39, 0.29) is 25.0 Å². The van der Waals surface area contributed by atoms with Gasteiger partial charge in [-0.3, -0.25) is 9.52 Å². The van der Waals surface area contributed by atoms with Gasteiger partial charge in [-0.05, 0) is 23.8 Å². The molecule has 0 aromatic heterocycles. The molecule has 8 nitrogen and oxygen atoms in total. The van der Waals surface area contributed by atoms with Gasteiger partial charge in [-0.2, -0.15) is 12.7 Å². The first-order valence-electron chi connectivity index (χ1n) is 8.38. The van der Waals surface area contributed by atoms with Crippen LogP contribution in [0.3, 0.4) is 0 Å². The van der Waals surface area contributed by atoms with Crippen molar-refractivity contribution in [3.63, 3.8) is 0 Å². The molecular weight excluding hydrogens is 370 g/mol. The lowest BCUT2D eigenvalue weighted by atomic mass is 9.84. The van der Waals surface area contributed by atoms with Crippen LogP contribution >= 0.6 is 0 Å². The van der Waals surface area contributed by atoms with Gasteiger partial charge in [0.05, 0.1) is 5.69 Å². The first-order chi connectivity index (χ1) is 12.8. The molecule has 27 heavy (non-hydrogen) atoms. The van der Waals surface area contributed by atoms with E-state index < -0.39 is 10.2 Å². The molecular formula is C18H19N3O5S. The van der Waals surface area contributed by atoms with Gasteiger partial charge in [0.25, 0.3) is 0 Å². The van der Waals surface area contributed by atoms with Crippen molar-refractivity contribution in [2.75, 3.05) is 30.9 Å². The summed E-state index contributed by atoms with van der Waals surface area (Å²) in [6, 6.07) is 10.8. The zero-order chi connectivity index (χ0) is 19.2. The Bertz CT molecular complexity index is 1020. The largest absolute Gasteiger partial charge is 0.454 e. The maximum absolute atomic E-state index is 12.3. The molecule has 142 valence electrons. The minimum absolute atomic E-state index is 0.142. The van der Waals surface area contributed by atoms with Crippen LogP contribution in [0.15, 0.2) is 36.4 Å². The van der Waals surface area contributed by atoms with Crippen molar-refractivity contribution in [3.8, 4) is 11.5 Å². The van der Waals surface area contributed by atoms with Gasteiger partial charge in [0.2, 0.25) is 12.7 Å². The van der Waals surface area contributed by atoms with E-state index in [0.717, 1.165) is 15.4 Å². The quantitative estimate of drug-likeness (QED) is 0.835. The molecule has 0 spiro atoms. The van der Waals surface area contributed by atoms with Crippen LogP contribution in [0.25, 0.3) is 0 Å². The fourth-order valence-corrected chi connectivity index (χ4v) is 3.88. The molecule has 1 amide bonds. The molecule has 2 aliphatic heterocycles. The number of fused-ring (bicyclic) bond motifs is 2. The van der Waals surface area contributed by atoms with Crippen molar-refractivity contribution >= 4 is 27.5 Å². The first kappa shape index (κ1) is 17.6. The Labute approximate surface area is 157 Å². The van der Waals surface area contributed by atoms with Gasteiger partial charge in [-0.25, -0.2) is 0 Å². The summed E-state index contributed by atoms with van der Waals surface area (Å²) in [7, 11) is -0.749. The van der Waals surface area contributed by atoms with Gasteiger partial charge in [-0.1, -0.05) is 18.2 Å². The van der Waals surface area contributed by atoms with Gasteiger partial charge >= 0.3 is 10.2 Å². The van der Waals surface area contributed by atoms with Crippen molar-refractivity contribution in [2.24, 2.45) is 0 Å². The molecule has 9 heteroatoms. The molecule has 2 aromatic carbocycles. The summed E-state index contributed by atoms with van der Waals surface area (Å²) in [6.45, 7) is 0.156. The number of amides is 1. The molecule has 2 aliphatic rings. The molecule has 0 saturated heterocycles. The highest BCUT2D eigenvalue weighted by Gasteiger charge is 2.31. The average Bonchev–Trinajstić information content (AvgIpc) is 3.09. The second kappa shape index (κ2) is 6.43. The molecule has 1 unspecified atom stereocenters. The smallest absolute Gasteiger partial charge is 0.301 e. The van der Waals surface area contributed by atoms with Crippen LogP contribution < -0.4 is 19.5 Å². The highest BCUT2D eigenvalue weighted by Crippen LogP contribution is 2.46. The highest BCUT2D eigenvalue weighted by atomic mass is 32.2. The van der Waals surface area contributed by atoms with E-state index in [1.807, 2.05) is 24.3 Å².